The number of pyridine rings is 1. The minimum Gasteiger partial charge on any atom is -0.494 e. The molecule has 178 valence electrons. The van der Waals surface area contributed by atoms with Gasteiger partial charge in [0.05, 0.1) is 23.7 Å². The van der Waals surface area contributed by atoms with Crippen LogP contribution in [0.3, 0.4) is 0 Å². The summed E-state index contributed by atoms with van der Waals surface area (Å²) in [4.78, 5) is 14.4. The van der Waals surface area contributed by atoms with E-state index in [1.807, 2.05) is 0 Å². The lowest BCUT2D eigenvalue weighted by Crippen LogP contribution is -2.54. The highest BCUT2D eigenvalue weighted by molar-refractivity contribution is 7.98. The number of aliphatic hydroxyl groups is 1. The second-order valence-electron chi connectivity index (χ2n) is 7.51. The van der Waals surface area contributed by atoms with Crippen LogP contribution in [0.5, 0.6) is 5.75 Å². The fourth-order valence-corrected chi connectivity index (χ4v) is 4.66. The number of benzene rings is 2. The molecule has 2 atom stereocenters. The van der Waals surface area contributed by atoms with Crippen molar-refractivity contribution in [2.45, 2.75) is 24.7 Å². The van der Waals surface area contributed by atoms with Crippen molar-refractivity contribution in [1.29, 1.82) is 0 Å². The number of halogens is 5. The molecule has 0 amide bonds. The third-order valence-corrected chi connectivity index (χ3v) is 6.34. The third kappa shape index (κ3) is 4.78. The summed E-state index contributed by atoms with van der Waals surface area (Å²) in [5.74, 6) is -2.05. The molecule has 0 bridgehead atoms. The number of aromatic amines is 1. The van der Waals surface area contributed by atoms with Crippen LogP contribution in [0.2, 0.25) is 5.02 Å². The third-order valence-electron chi connectivity index (χ3n) is 5.22. The smallest absolute Gasteiger partial charge is 0.420 e. The minimum absolute atomic E-state index is 0.197. The highest BCUT2D eigenvalue weighted by atomic mass is 35.5. The van der Waals surface area contributed by atoms with Gasteiger partial charge in [-0.2, -0.15) is 24.9 Å². The molecule has 1 aromatic heterocycles. The van der Waals surface area contributed by atoms with Gasteiger partial charge in [0.15, 0.2) is 17.2 Å². The number of thioether (sulfide) groups is 1. The Hall–Kier alpha value is -2.43. The molecule has 0 aliphatic heterocycles. The highest BCUT2D eigenvalue weighted by Gasteiger charge is 2.59. The SMILES string of the molecule is COc1ccc(C(Nc2cc(C)cc3[nH]c(=O)ccc23)C(O)(CSC)C(F)(F)F)c(Cl)c1F. The summed E-state index contributed by atoms with van der Waals surface area (Å²) in [7, 11) is 1.20. The first-order valence-electron chi connectivity index (χ1n) is 9.63. The molecule has 2 aromatic carbocycles. The fraction of sp³-hybridized carbons (Fsp3) is 0.318. The maximum Gasteiger partial charge on any atom is 0.420 e. The van der Waals surface area contributed by atoms with Crippen molar-refractivity contribution in [2.24, 2.45) is 0 Å². The van der Waals surface area contributed by atoms with Gasteiger partial charge in [-0.05, 0) is 48.6 Å². The first-order valence-corrected chi connectivity index (χ1v) is 11.4. The first kappa shape index (κ1) is 25.2. The van der Waals surface area contributed by atoms with E-state index in [2.05, 4.69) is 10.3 Å². The lowest BCUT2D eigenvalue weighted by molar-refractivity contribution is -0.256. The van der Waals surface area contributed by atoms with Crippen LogP contribution in [-0.2, 0) is 0 Å². The average Bonchev–Trinajstić information content (AvgIpc) is 2.73. The Bertz CT molecular complexity index is 1230. The zero-order chi connectivity index (χ0) is 24.6. The Morgan fingerprint density at radius 2 is 1.94 bits per heavy atom. The first-order chi connectivity index (χ1) is 15.4. The van der Waals surface area contributed by atoms with Gasteiger partial charge >= 0.3 is 6.18 Å². The summed E-state index contributed by atoms with van der Waals surface area (Å²) in [5, 5.41) is 13.5. The minimum atomic E-state index is -5.10. The number of nitrogens with one attached hydrogen (secondary N) is 2. The molecular formula is C22H21ClF4N2O3S. The van der Waals surface area contributed by atoms with Crippen LogP contribution < -0.4 is 15.6 Å². The molecule has 5 nitrogen and oxygen atoms in total. The largest absolute Gasteiger partial charge is 0.494 e. The van der Waals surface area contributed by atoms with E-state index in [1.165, 1.54) is 31.6 Å². The Labute approximate surface area is 196 Å². The summed E-state index contributed by atoms with van der Waals surface area (Å²) in [5.41, 5.74) is -2.79. The number of hydrogen-bond acceptors (Lipinski definition) is 5. The molecule has 11 heteroatoms. The van der Waals surface area contributed by atoms with Crippen LogP contribution in [0.15, 0.2) is 41.2 Å². The van der Waals surface area contributed by atoms with Crippen LogP contribution in [-0.4, -0.2) is 41.0 Å². The molecule has 3 aromatic rings. The predicted molar refractivity (Wildman–Crippen MR) is 123 cm³/mol. The van der Waals surface area contributed by atoms with Crippen LogP contribution in [0.4, 0.5) is 23.2 Å². The van der Waals surface area contributed by atoms with Crippen molar-refractivity contribution < 1.29 is 27.4 Å². The topological polar surface area (TPSA) is 74.3 Å². The molecule has 33 heavy (non-hydrogen) atoms. The van der Waals surface area contributed by atoms with E-state index in [0.717, 1.165) is 17.8 Å². The van der Waals surface area contributed by atoms with Gasteiger partial charge in [0, 0.05) is 22.9 Å². The van der Waals surface area contributed by atoms with Crippen molar-refractivity contribution in [1.82, 2.24) is 4.98 Å². The number of ether oxygens (including phenoxy) is 1. The van der Waals surface area contributed by atoms with E-state index in [1.54, 1.807) is 19.1 Å². The van der Waals surface area contributed by atoms with E-state index >= 15 is 0 Å². The van der Waals surface area contributed by atoms with Gasteiger partial charge in [-0.1, -0.05) is 17.7 Å². The molecule has 0 radical (unpaired) electrons. The second-order valence-corrected chi connectivity index (χ2v) is 8.76. The molecule has 0 aliphatic rings. The molecule has 0 saturated carbocycles. The predicted octanol–water partition coefficient (Wildman–Crippen LogP) is 5.45. The lowest BCUT2D eigenvalue weighted by Gasteiger charge is -2.39. The number of methoxy groups -OCH3 is 1. The Morgan fingerprint density at radius 3 is 2.55 bits per heavy atom. The molecule has 0 fully saturated rings. The lowest BCUT2D eigenvalue weighted by atomic mass is 9.88. The normalized spacial score (nSPS) is 14.7. The fourth-order valence-electron chi connectivity index (χ4n) is 3.62. The number of aryl methyl sites for hydroxylation is 1. The number of fused-ring (bicyclic) bond motifs is 1. The van der Waals surface area contributed by atoms with Gasteiger partial charge in [0.1, 0.15) is 0 Å². The highest BCUT2D eigenvalue weighted by Crippen LogP contribution is 2.47. The van der Waals surface area contributed by atoms with E-state index in [0.29, 0.717) is 16.5 Å². The molecule has 1 heterocycles. The monoisotopic (exact) mass is 504 g/mol. The number of H-pyrrole nitrogens is 1. The van der Waals surface area contributed by atoms with Crippen molar-refractivity contribution in [2.75, 3.05) is 24.4 Å². The van der Waals surface area contributed by atoms with Crippen LogP contribution >= 0.6 is 23.4 Å². The van der Waals surface area contributed by atoms with E-state index in [9.17, 15) is 27.5 Å². The van der Waals surface area contributed by atoms with Gasteiger partial charge in [-0.15, -0.1) is 0 Å². The van der Waals surface area contributed by atoms with Crippen LogP contribution in [0, 0.1) is 12.7 Å². The van der Waals surface area contributed by atoms with Crippen LogP contribution in [0.25, 0.3) is 10.9 Å². The summed E-state index contributed by atoms with van der Waals surface area (Å²) in [6, 6.07) is 6.34. The number of aromatic nitrogens is 1. The van der Waals surface area contributed by atoms with Gasteiger partial charge in [0.25, 0.3) is 0 Å². The van der Waals surface area contributed by atoms with Crippen molar-refractivity contribution in [3.05, 3.63) is 68.7 Å². The van der Waals surface area contributed by atoms with Gasteiger partial charge in [-0.25, -0.2) is 4.39 Å². The number of anilines is 1. The summed E-state index contributed by atoms with van der Waals surface area (Å²) in [6.07, 6.45) is -3.68. The Kier molecular flexibility index (Phi) is 7.21. The number of rotatable bonds is 7. The molecule has 0 aliphatic carbocycles. The zero-order valence-corrected chi connectivity index (χ0v) is 19.4. The van der Waals surface area contributed by atoms with Crippen LogP contribution in [0.1, 0.15) is 17.2 Å². The van der Waals surface area contributed by atoms with Gasteiger partial charge in [-0.3, -0.25) is 4.79 Å². The maximum absolute atomic E-state index is 14.7. The van der Waals surface area contributed by atoms with Crippen molar-refractivity contribution in [3.8, 4) is 5.75 Å². The number of hydrogen-bond donors (Lipinski definition) is 3. The van der Waals surface area contributed by atoms with Crippen molar-refractivity contribution in [3.63, 3.8) is 0 Å². The summed E-state index contributed by atoms with van der Waals surface area (Å²) < 4.78 is 62.3. The zero-order valence-electron chi connectivity index (χ0n) is 17.8. The maximum atomic E-state index is 14.7. The molecule has 3 N–H and O–H groups in total. The van der Waals surface area contributed by atoms with Gasteiger partial charge in [0.2, 0.25) is 5.56 Å². The Morgan fingerprint density at radius 1 is 1.24 bits per heavy atom. The second kappa shape index (κ2) is 9.44. The summed E-state index contributed by atoms with van der Waals surface area (Å²) >= 11 is 6.91. The van der Waals surface area contributed by atoms with Gasteiger partial charge < -0.3 is 20.1 Å². The average molecular weight is 505 g/mol. The summed E-state index contributed by atoms with van der Waals surface area (Å²) in [6.45, 7) is 1.70. The molecule has 2 unspecified atom stereocenters. The van der Waals surface area contributed by atoms with E-state index in [4.69, 9.17) is 16.3 Å². The molecule has 0 saturated heterocycles. The van der Waals surface area contributed by atoms with E-state index in [-0.39, 0.29) is 22.6 Å². The Balaban J connectivity index is 2.29. The molecule has 0 spiro atoms. The standard InChI is InChI=1S/C22H21ClF4N2O3S/c1-11-8-14-12(5-7-17(30)28-14)15(9-11)29-20(21(31,10-33-3)22(25,26)27)13-4-6-16(32-2)19(24)18(13)23/h4-9,20,29,31H,10H2,1-3H3,(H,28,30). The molecular weight excluding hydrogens is 484 g/mol. The van der Waals surface area contributed by atoms with E-state index < -0.39 is 34.4 Å². The quantitative estimate of drug-likeness (QED) is 0.373. The van der Waals surface area contributed by atoms with Crippen molar-refractivity contribution >= 4 is 40.0 Å². The molecule has 3 rings (SSSR count). The number of alkyl halides is 3.